The number of aromatic nitrogens is 2. The molecule has 1 atom stereocenters. The Balaban J connectivity index is 2.79. The molecule has 0 aromatic carbocycles. The first-order valence-corrected chi connectivity index (χ1v) is 5.82. The van der Waals surface area contributed by atoms with Gasteiger partial charge in [-0.1, -0.05) is 25.4 Å². The molecule has 16 heavy (non-hydrogen) atoms. The summed E-state index contributed by atoms with van der Waals surface area (Å²) in [5, 5.41) is 14.7. The molecule has 0 spiro atoms. The van der Waals surface area contributed by atoms with Gasteiger partial charge in [-0.05, 0) is 12.3 Å². The van der Waals surface area contributed by atoms with E-state index in [1.54, 1.807) is 18.0 Å². The number of halogens is 1. The van der Waals surface area contributed by atoms with Crippen LogP contribution in [0.1, 0.15) is 32.1 Å². The Morgan fingerprint density at radius 2 is 2.25 bits per heavy atom. The van der Waals surface area contributed by atoms with Crippen molar-refractivity contribution in [2.45, 2.75) is 32.9 Å². The average Bonchev–Trinajstić information content (AvgIpc) is 2.55. The summed E-state index contributed by atoms with van der Waals surface area (Å²) in [6, 6.07) is 0. The molecule has 0 aliphatic heterocycles. The highest BCUT2D eigenvalue weighted by Gasteiger charge is 2.18. The van der Waals surface area contributed by atoms with E-state index >= 15 is 0 Å². The van der Waals surface area contributed by atoms with Gasteiger partial charge in [0.2, 0.25) is 0 Å². The van der Waals surface area contributed by atoms with Crippen LogP contribution in [0.2, 0.25) is 5.02 Å². The minimum Gasteiger partial charge on any atom is -0.387 e. The lowest BCUT2D eigenvalue weighted by Crippen LogP contribution is -2.14. The number of hydrogen-bond acceptors (Lipinski definition) is 3. The molecule has 0 saturated carbocycles. The first-order chi connectivity index (χ1) is 7.56. The van der Waals surface area contributed by atoms with Crippen LogP contribution in [0.5, 0.6) is 0 Å². The van der Waals surface area contributed by atoms with Crippen LogP contribution in [0, 0.1) is 5.92 Å². The van der Waals surface area contributed by atoms with Gasteiger partial charge in [-0.2, -0.15) is 5.10 Å². The van der Waals surface area contributed by atoms with Gasteiger partial charge in [-0.3, -0.25) is 4.68 Å². The second kappa shape index (κ2) is 6.23. The largest absolute Gasteiger partial charge is 0.387 e. The first kappa shape index (κ1) is 13.5. The highest BCUT2D eigenvalue weighted by atomic mass is 35.5. The number of aliphatic hydroxyl groups excluding tert-OH is 1. The van der Waals surface area contributed by atoms with Crippen molar-refractivity contribution >= 4 is 11.6 Å². The molecule has 0 amide bonds. The smallest absolute Gasteiger partial charge is 0.0974 e. The zero-order chi connectivity index (χ0) is 12.1. The van der Waals surface area contributed by atoms with Crippen LogP contribution in [-0.4, -0.2) is 28.6 Å². The van der Waals surface area contributed by atoms with Crippen molar-refractivity contribution in [1.82, 2.24) is 9.78 Å². The van der Waals surface area contributed by atoms with Gasteiger partial charge >= 0.3 is 0 Å². The van der Waals surface area contributed by atoms with Crippen molar-refractivity contribution < 1.29 is 9.84 Å². The summed E-state index contributed by atoms with van der Waals surface area (Å²) in [6.07, 6.45) is 1.68. The predicted octanol–water partition coefficient (Wildman–Crippen LogP) is 2.26. The Morgan fingerprint density at radius 3 is 2.81 bits per heavy atom. The minimum absolute atomic E-state index is 0.414. The summed E-state index contributed by atoms with van der Waals surface area (Å²) in [7, 11) is 1.63. The van der Waals surface area contributed by atoms with E-state index in [1.807, 2.05) is 0 Å². The maximum atomic E-state index is 10.1. The van der Waals surface area contributed by atoms with Crippen LogP contribution in [0.3, 0.4) is 0 Å². The number of aliphatic hydroxyl groups is 1. The molecule has 0 fully saturated rings. The van der Waals surface area contributed by atoms with Crippen molar-refractivity contribution in [2.24, 2.45) is 5.92 Å². The normalized spacial score (nSPS) is 13.4. The van der Waals surface area contributed by atoms with Crippen LogP contribution >= 0.6 is 11.6 Å². The molecule has 1 aromatic rings. The van der Waals surface area contributed by atoms with Crippen LogP contribution in [0.15, 0.2) is 6.20 Å². The Bertz CT molecular complexity index is 326. The molecule has 0 saturated heterocycles. The van der Waals surface area contributed by atoms with Gasteiger partial charge in [0.25, 0.3) is 0 Å². The maximum absolute atomic E-state index is 10.1. The maximum Gasteiger partial charge on any atom is 0.0974 e. The summed E-state index contributed by atoms with van der Waals surface area (Å²) < 4.78 is 6.69. The molecule has 0 bridgehead atoms. The van der Waals surface area contributed by atoms with E-state index in [0.717, 1.165) is 0 Å². The third-order valence-corrected chi connectivity index (χ3v) is 2.64. The van der Waals surface area contributed by atoms with Gasteiger partial charge in [-0.25, -0.2) is 0 Å². The summed E-state index contributed by atoms with van der Waals surface area (Å²) in [6.45, 7) is 5.28. The fourth-order valence-corrected chi connectivity index (χ4v) is 1.88. The van der Waals surface area contributed by atoms with Crippen LogP contribution in [0.25, 0.3) is 0 Å². The van der Waals surface area contributed by atoms with E-state index in [4.69, 9.17) is 16.3 Å². The lowest BCUT2D eigenvalue weighted by atomic mass is 10.0. The Hall–Kier alpha value is -0.580. The molecule has 1 rings (SSSR count). The van der Waals surface area contributed by atoms with Crippen LogP contribution < -0.4 is 0 Å². The monoisotopic (exact) mass is 246 g/mol. The summed E-state index contributed by atoms with van der Waals surface area (Å²) in [5.41, 5.74) is 0.687. The molecule has 1 aromatic heterocycles. The Labute approximate surface area is 101 Å². The zero-order valence-corrected chi connectivity index (χ0v) is 10.7. The SMILES string of the molecule is COCCn1ncc(Cl)c1C(O)CC(C)C. The van der Waals surface area contributed by atoms with E-state index in [1.165, 1.54) is 0 Å². The lowest BCUT2D eigenvalue weighted by Gasteiger charge is -2.15. The van der Waals surface area contributed by atoms with Gasteiger partial charge in [0.1, 0.15) is 0 Å². The number of rotatable bonds is 6. The third-order valence-electron chi connectivity index (χ3n) is 2.35. The lowest BCUT2D eigenvalue weighted by molar-refractivity contribution is 0.133. The van der Waals surface area contributed by atoms with Crippen molar-refractivity contribution in [3.63, 3.8) is 0 Å². The molecule has 0 aliphatic carbocycles. The second-order valence-corrected chi connectivity index (χ2v) is 4.65. The molecule has 4 nitrogen and oxygen atoms in total. The molecule has 92 valence electrons. The fraction of sp³-hybridized carbons (Fsp3) is 0.727. The molecule has 0 radical (unpaired) electrons. The Morgan fingerprint density at radius 1 is 1.56 bits per heavy atom. The van der Waals surface area contributed by atoms with Gasteiger partial charge in [0.05, 0.1) is 36.2 Å². The fourth-order valence-electron chi connectivity index (χ4n) is 1.62. The number of hydrogen-bond donors (Lipinski definition) is 1. The van der Waals surface area contributed by atoms with E-state index in [0.29, 0.717) is 36.2 Å². The second-order valence-electron chi connectivity index (χ2n) is 4.24. The Kier molecular flexibility index (Phi) is 5.25. The van der Waals surface area contributed by atoms with E-state index in [-0.39, 0.29) is 0 Å². The van der Waals surface area contributed by atoms with Gasteiger partial charge in [-0.15, -0.1) is 0 Å². The van der Waals surface area contributed by atoms with Crippen LogP contribution in [0.4, 0.5) is 0 Å². The summed E-state index contributed by atoms with van der Waals surface area (Å²) in [4.78, 5) is 0. The van der Waals surface area contributed by atoms with Gasteiger partial charge in [0.15, 0.2) is 0 Å². The summed E-state index contributed by atoms with van der Waals surface area (Å²) >= 11 is 6.02. The zero-order valence-electron chi connectivity index (χ0n) is 9.98. The molecule has 1 heterocycles. The first-order valence-electron chi connectivity index (χ1n) is 5.44. The standard InChI is InChI=1S/C11H19ClN2O2/c1-8(2)6-10(15)11-9(12)7-13-14(11)4-5-16-3/h7-8,10,15H,4-6H2,1-3H3. The molecular formula is C11H19ClN2O2. The number of ether oxygens (including phenoxy) is 1. The third kappa shape index (κ3) is 3.47. The van der Waals surface area contributed by atoms with Gasteiger partial charge < -0.3 is 9.84 Å². The molecule has 0 aliphatic rings. The highest BCUT2D eigenvalue weighted by molar-refractivity contribution is 6.31. The molecule has 1 N–H and O–H groups in total. The van der Waals surface area contributed by atoms with E-state index < -0.39 is 6.10 Å². The predicted molar refractivity (Wildman–Crippen MR) is 63.5 cm³/mol. The topological polar surface area (TPSA) is 47.3 Å². The van der Waals surface area contributed by atoms with Crippen LogP contribution in [-0.2, 0) is 11.3 Å². The van der Waals surface area contributed by atoms with E-state index in [2.05, 4.69) is 18.9 Å². The summed E-state index contributed by atoms with van der Waals surface area (Å²) in [5.74, 6) is 0.414. The average molecular weight is 247 g/mol. The van der Waals surface area contributed by atoms with Crippen molar-refractivity contribution in [3.8, 4) is 0 Å². The number of nitrogens with zero attached hydrogens (tertiary/aromatic N) is 2. The minimum atomic E-state index is -0.563. The highest BCUT2D eigenvalue weighted by Crippen LogP contribution is 2.27. The van der Waals surface area contributed by atoms with E-state index in [9.17, 15) is 5.11 Å². The van der Waals surface area contributed by atoms with Gasteiger partial charge in [0, 0.05) is 7.11 Å². The molecular weight excluding hydrogens is 228 g/mol. The number of methoxy groups -OCH3 is 1. The quantitative estimate of drug-likeness (QED) is 0.838. The van der Waals surface area contributed by atoms with Crippen molar-refractivity contribution in [2.75, 3.05) is 13.7 Å². The molecule has 5 heteroatoms. The molecule has 1 unspecified atom stereocenters. The van der Waals surface area contributed by atoms with Crippen molar-refractivity contribution in [3.05, 3.63) is 16.9 Å². The van der Waals surface area contributed by atoms with Crippen molar-refractivity contribution in [1.29, 1.82) is 0 Å².